The summed E-state index contributed by atoms with van der Waals surface area (Å²) in [5.41, 5.74) is 1.59. The zero-order chi connectivity index (χ0) is 13.3. The molecule has 0 aliphatic carbocycles. The molecule has 100 valence electrons. The molecule has 0 fully saturated rings. The number of benzene rings is 1. The highest BCUT2D eigenvalue weighted by Gasteiger charge is 2.39. The van der Waals surface area contributed by atoms with Crippen molar-refractivity contribution in [1.29, 1.82) is 0 Å². The Hall–Kier alpha value is -1.26. The van der Waals surface area contributed by atoms with E-state index in [0.29, 0.717) is 6.42 Å². The molecule has 0 radical (unpaired) electrons. The number of fused-ring (bicyclic) bond motifs is 1. The van der Waals surface area contributed by atoms with E-state index in [1.807, 2.05) is 32.0 Å². The van der Waals surface area contributed by atoms with Crippen molar-refractivity contribution in [3.05, 3.63) is 23.8 Å². The molecule has 0 amide bonds. The Labute approximate surface area is 108 Å². The quantitative estimate of drug-likeness (QED) is 0.860. The van der Waals surface area contributed by atoms with Gasteiger partial charge in [0.15, 0.2) is 0 Å². The first-order valence-corrected chi connectivity index (χ1v) is 6.15. The van der Waals surface area contributed by atoms with E-state index in [9.17, 15) is 5.11 Å². The van der Waals surface area contributed by atoms with E-state index in [4.69, 9.17) is 9.47 Å². The third-order valence-electron chi connectivity index (χ3n) is 3.72. The normalized spacial score (nSPS) is 23.2. The Morgan fingerprint density at radius 2 is 2.06 bits per heavy atom. The number of hydrogen-bond donors (Lipinski definition) is 2. The van der Waals surface area contributed by atoms with Crippen LogP contribution in [0.5, 0.6) is 5.75 Å². The lowest BCUT2D eigenvalue weighted by Crippen LogP contribution is -2.53. The van der Waals surface area contributed by atoms with Crippen LogP contribution in [0.25, 0.3) is 0 Å². The molecule has 2 rings (SSSR count). The van der Waals surface area contributed by atoms with Crippen LogP contribution in [0, 0.1) is 0 Å². The molecule has 1 aromatic rings. The van der Waals surface area contributed by atoms with Crippen molar-refractivity contribution in [2.24, 2.45) is 0 Å². The summed E-state index contributed by atoms with van der Waals surface area (Å²) < 4.78 is 10.8. The zero-order valence-corrected chi connectivity index (χ0v) is 11.4. The summed E-state index contributed by atoms with van der Waals surface area (Å²) in [7, 11) is 3.31. The van der Waals surface area contributed by atoms with Crippen molar-refractivity contribution < 1.29 is 14.6 Å². The van der Waals surface area contributed by atoms with Gasteiger partial charge in [0.2, 0.25) is 0 Å². The van der Waals surface area contributed by atoms with E-state index in [0.717, 1.165) is 17.0 Å². The van der Waals surface area contributed by atoms with Gasteiger partial charge in [0, 0.05) is 13.5 Å². The van der Waals surface area contributed by atoms with Gasteiger partial charge in [-0.2, -0.15) is 0 Å². The molecule has 0 bridgehead atoms. The molecule has 0 saturated carbocycles. The van der Waals surface area contributed by atoms with Crippen LogP contribution in [0.15, 0.2) is 18.2 Å². The lowest BCUT2D eigenvalue weighted by Gasteiger charge is -2.41. The predicted molar refractivity (Wildman–Crippen MR) is 71.2 cm³/mol. The Morgan fingerprint density at radius 3 is 2.67 bits per heavy atom. The summed E-state index contributed by atoms with van der Waals surface area (Å²) in [5, 5.41) is 13.6. The summed E-state index contributed by atoms with van der Waals surface area (Å²) in [6, 6.07) is 5.70. The highest BCUT2D eigenvalue weighted by atomic mass is 16.5. The topological polar surface area (TPSA) is 50.7 Å². The molecule has 1 aromatic carbocycles. The van der Waals surface area contributed by atoms with Gasteiger partial charge in [0.05, 0.1) is 30.5 Å². The number of methoxy groups -OCH3 is 2. The Bertz CT molecular complexity index is 431. The second-order valence-electron chi connectivity index (χ2n) is 5.20. The van der Waals surface area contributed by atoms with E-state index in [1.54, 1.807) is 14.2 Å². The molecule has 1 aliphatic rings. The van der Waals surface area contributed by atoms with Gasteiger partial charge in [-0.25, -0.2) is 0 Å². The van der Waals surface area contributed by atoms with E-state index < -0.39 is 11.7 Å². The van der Waals surface area contributed by atoms with Crippen molar-refractivity contribution in [1.82, 2.24) is 0 Å². The summed E-state index contributed by atoms with van der Waals surface area (Å²) in [4.78, 5) is 0. The fourth-order valence-corrected chi connectivity index (χ4v) is 2.44. The standard InChI is InChI=1S/C14H21NO3/c1-14(2,18-4)13-10(16)8-9-6-5-7-11(17-3)12(9)15-13/h5-7,10,13,15-16H,8H2,1-4H3. The molecule has 0 saturated heterocycles. The number of rotatable bonds is 3. The van der Waals surface area contributed by atoms with Gasteiger partial charge in [-0.3, -0.25) is 0 Å². The van der Waals surface area contributed by atoms with Crippen LogP contribution in [-0.2, 0) is 11.2 Å². The molecule has 1 aliphatic heterocycles. The van der Waals surface area contributed by atoms with Crippen molar-refractivity contribution in [3.63, 3.8) is 0 Å². The van der Waals surface area contributed by atoms with Gasteiger partial charge in [-0.15, -0.1) is 0 Å². The maximum Gasteiger partial charge on any atom is 0.142 e. The van der Waals surface area contributed by atoms with Gasteiger partial charge in [0.25, 0.3) is 0 Å². The van der Waals surface area contributed by atoms with Gasteiger partial charge in [-0.1, -0.05) is 12.1 Å². The SMILES string of the molecule is COc1cccc2c1NC(C(C)(C)OC)C(O)C2. The van der Waals surface area contributed by atoms with Crippen LogP contribution in [0.1, 0.15) is 19.4 Å². The Morgan fingerprint density at radius 1 is 1.33 bits per heavy atom. The van der Waals surface area contributed by atoms with Gasteiger partial charge < -0.3 is 19.9 Å². The molecule has 2 atom stereocenters. The Kier molecular flexibility index (Phi) is 3.50. The third kappa shape index (κ3) is 2.18. The molecule has 0 aromatic heterocycles. The van der Waals surface area contributed by atoms with E-state index in [-0.39, 0.29) is 6.04 Å². The average molecular weight is 251 g/mol. The summed E-state index contributed by atoms with van der Waals surface area (Å²) in [5.74, 6) is 0.802. The van der Waals surface area contributed by atoms with Crippen molar-refractivity contribution in [2.45, 2.75) is 38.0 Å². The number of anilines is 1. The minimum absolute atomic E-state index is 0.161. The first-order chi connectivity index (χ1) is 8.49. The molecule has 2 unspecified atom stereocenters. The fraction of sp³-hybridized carbons (Fsp3) is 0.571. The van der Waals surface area contributed by atoms with Crippen LogP contribution < -0.4 is 10.1 Å². The van der Waals surface area contributed by atoms with Crippen molar-refractivity contribution in [2.75, 3.05) is 19.5 Å². The van der Waals surface area contributed by atoms with Crippen LogP contribution >= 0.6 is 0 Å². The molecular formula is C14H21NO3. The lowest BCUT2D eigenvalue weighted by molar-refractivity contribution is -0.0329. The first kappa shape index (κ1) is 13.2. The van der Waals surface area contributed by atoms with E-state index in [2.05, 4.69) is 5.32 Å². The average Bonchev–Trinajstić information content (AvgIpc) is 2.36. The van der Waals surface area contributed by atoms with Crippen LogP contribution in [0.4, 0.5) is 5.69 Å². The lowest BCUT2D eigenvalue weighted by atomic mass is 9.86. The van der Waals surface area contributed by atoms with E-state index >= 15 is 0 Å². The van der Waals surface area contributed by atoms with Crippen LogP contribution in [0.2, 0.25) is 0 Å². The monoisotopic (exact) mass is 251 g/mol. The minimum atomic E-state index is -0.473. The van der Waals surface area contributed by atoms with E-state index in [1.165, 1.54) is 0 Å². The first-order valence-electron chi connectivity index (χ1n) is 6.15. The number of ether oxygens (including phenoxy) is 2. The third-order valence-corrected chi connectivity index (χ3v) is 3.72. The second kappa shape index (κ2) is 4.78. The number of aliphatic hydroxyl groups excluding tert-OH is 1. The smallest absolute Gasteiger partial charge is 0.142 e. The number of nitrogens with one attached hydrogen (secondary N) is 1. The minimum Gasteiger partial charge on any atom is -0.495 e. The van der Waals surface area contributed by atoms with Crippen LogP contribution in [0.3, 0.4) is 0 Å². The molecule has 2 N–H and O–H groups in total. The second-order valence-corrected chi connectivity index (χ2v) is 5.20. The molecule has 1 heterocycles. The largest absolute Gasteiger partial charge is 0.495 e. The van der Waals surface area contributed by atoms with Gasteiger partial charge >= 0.3 is 0 Å². The Balaban J connectivity index is 2.37. The zero-order valence-electron chi connectivity index (χ0n) is 11.4. The van der Waals surface area contributed by atoms with Gasteiger partial charge in [-0.05, 0) is 25.5 Å². The fourth-order valence-electron chi connectivity index (χ4n) is 2.44. The summed E-state index contributed by atoms with van der Waals surface area (Å²) >= 11 is 0. The maximum absolute atomic E-state index is 10.3. The molecule has 18 heavy (non-hydrogen) atoms. The van der Waals surface area contributed by atoms with Crippen molar-refractivity contribution >= 4 is 5.69 Å². The number of para-hydroxylation sites is 1. The van der Waals surface area contributed by atoms with Gasteiger partial charge in [0.1, 0.15) is 5.75 Å². The highest BCUT2D eigenvalue weighted by molar-refractivity contribution is 5.64. The summed E-state index contributed by atoms with van der Waals surface area (Å²) in [6.45, 7) is 3.93. The van der Waals surface area contributed by atoms with Crippen molar-refractivity contribution in [3.8, 4) is 5.75 Å². The molecule has 0 spiro atoms. The maximum atomic E-state index is 10.3. The highest BCUT2D eigenvalue weighted by Crippen LogP contribution is 2.36. The summed E-state index contributed by atoms with van der Waals surface area (Å²) in [6.07, 6.45) is 0.135. The predicted octanol–water partition coefficient (Wildman–Crippen LogP) is 1.82. The van der Waals surface area contributed by atoms with Crippen LogP contribution in [-0.4, -0.2) is 37.1 Å². The number of hydrogen-bond acceptors (Lipinski definition) is 4. The molecule has 4 nitrogen and oxygen atoms in total. The molecule has 4 heteroatoms. The number of aliphatic hydroxyl groups is 1. The molecular weight excluding hydrogens is 230 g/mol.